The van der Waals surface area contributed by atoms with Gasteiger partial charge in [0.2, 0.25) is 0 Å². The fourth-order valence-corrected chi connectivity index (χ4v) is 3.56. The van der Waals surface area contributed by atoms with Crippen molar-refractivity contribution in [2.24, 2.45) is 0 Å². The van der Waals surface area contributed by atoms with E-state index in [4.69, 9.17) is 4.74 Å². The van der Waals surface area contributed by atoms with Gasteiger partial charge in [-0.1, -0.05) is 12.5 Å². The topological polar surface area (TPSA) is 21.3 Å². The van der Waals surface area contributed by atoms with Crippen LogP contribution < -0.4 is 10.1 Å². The molecule has 1 aromatic heterocycles. The average Bonchev–Trinajstić information content (AvgIpc) is 2.88. The number of fused-ring (bicyclic) bond motifs is 1. The number of hydrogen-bond donors (Lipinski definition) is 1. The highest BCUT2D eigenvalue weighted by Crippen LogP contribution is 2.37. The third kappa shape index (κ3) is 1.94. The van der Waals surface area contributed by atoms with Gasteiger partial charge in [0.15, 0.2) is 0 Å². The molecule has 0 radical (unpaired) electrons. The lowest BCUT2D eigenvalue weighted by Gasteiger charge is -2.24. The Kier molecular flexibility index (Phi) is 3.04. The Balaban J connectivity index is 2.07. The smallest absolute Gasteiger partial charge is 0.136 e. The normalized spacial score (nSPS) is 20.6. The van der Waals surface area contributed by atoms with Crippen molar-refractivity contribution in [2.75, 3.05) is 13.7 Å². The molecular weight excluding hydrogens is 230 g/mol. The summed E-state index contributed by atoms with van der Waals surface area (Å²) >= 11 is 1.76. The Morgan fingerprint density at radius 2 is 2.24 bits per heavy atom. The summed E-state index contributed by atoms with van der Waals surface area (Å²) in [5.74, 6) is 0.995. The van der Waals surface area contributed by atoms with Crippen LogP contribution in [0, 0.1) is 0 Å². The summed E-state index contributed by atoms with van der Waals surface area (Å²) in [6, 6.07) is 7.06. The molecule has 0 spiro atoms. The van der Waals surface area contributed by atoms with Gasteiger partial charge in [-0.2, -0.15) is 0 Å². The zero-order chi connectivity index (χ0) is 11.7. The number of piperidine rings is 1. The number of methoxy groups -OCH3 is 1. The van der Waals surface area contributed by atoms with E-state index in [1.54, 1.807) is 18.4 Å². The van der Waals surface area contributed by atoms with E-state index in [1.165, 1.54) is 34.9 Å². The zero-order valence-electron chi connectivity index (χ0n) is 10.0. The highest BCUT2D eigenvalue weighted by molar-refractivity contribution is 7.17. The van der Waals surface area contributed by atoms with Gasteiger partial charge in [-0.25, -0.2) is 0 Å². The molecule has 1 aliphatic heterocycles. The van der Waals surface area contributed by atoms with Crippen LogP contribution in [0.5, 0.6) is 5.75 Å². The standard InChI is InChI=1S/C14H17NOS/c1-16-13-6-5-10(11-7-9-17-14(11)13)12-4-2-3-8-15-12/h5-7,9,12,15H,2-4,8H2,1H3. The van der Waals surface area contributed by atoms with E-state index in [0.717, 1.165) is 12.3 Å². The van der Waals surface area contributed by atoms with E-state index < -0.39 is 0 Å². The Morgan fingerprint density at radius 1 is 1.29 bits per heavy atom. The summed E-state index contributed by atoms with van der Waals surface area (Å²) in [6.07, 6.45) is 3.88. The van der Waals surface area contributed by atoms with E-state index in [2.05, 4.69) is 28.9 Å². The molecule has 1 saturated heterocycles. The zero-order valence-corrected chi connectivity index (χ0v) is 10.8. The number of rotatable bonds is 2. The minimum absolute atomic E-state index is 0.520. The van der Waals surface area contributed by atoms with E-state index in [0.29, 0.717) is 6.04 Å². The third-order valence-electron chi connectivity index (χ3n) is 3.52. The Hall–Kier alpha value is -1.06. The fourth-order valence-electron chi connectivity index (χ4n) is 2.64. The van der Waals surface area contributed by atoms with Gasteiger partial charge in [-0.05, 0) is 42.5 Å². The minimum Gasteiger partial charge on any atom is -0.495 e. The second kappa shape index (κ2) is 4.67. The van der Waals surface area contributed by atoms with E-state index >= 15 is 0 Å². The highest BCUT2D eigenvalue weighted by atomic mass is 32.1. The molecule has 0 amide bonds. The first-order chi connectivity index (χ1) is 8.40. The summed E-state index contributed by atoms with van der Waals surface area (Å²) in [7, 11) is 1.74. The maximum atomic E-state index is 5.42. The third-order valence-corrected chi connectivity index (χ3v) is 4.45. The van der Waals surface area contributed by atoms with Gasteiger partial charge in [0.1, 0.15) is 5.75 Å². The van der Waals surface area contributed by atoms with Gasteiger partial charge in [-0.15, -0.1) is 11.3 Å². The van der Waals surface area contributed by atoms with Crippen molar-refractivity contribution in [3.63, 3.8) is 0 Å². The van der Waals surface area contributed by atoms with Crippen LogP contribution in [0.25, 0.3) is 10.1 Å². The molecule has 1 fully saturated rings. The first kappa shape index (κ1) is 11.1. The molecule has 1 aliphatic rings. The molecular formula is C14H17NOS. The van der Waals surface area contributed by atoms with Crippen LogP contribution in [-0.4, -0.2) is 13.7 Å². The van der Waals surface area contributed by atoms with E-state index in [9.17, 15) is 0 Å². The maximum absolute atomic E-state index is 5.42. The molecule has 0 saturated carbocycles. The Morgan fingerprint density at radius 3 is 3.00 bits per heavy atom. The summed E-state index contributed by atoms with van der Waals surface area (Å²) in [5, 5.41) is 7.13. The van der Waals surface area contributed by atoms with Crippen molar-refractivity contribution in [3.05, 3.63) is 29.1 Å². The Labute approximate surface area is 106 Å². The molecule has 2 heterocycles. The van der Waals surface area contributed by atoms with Crippen molar-refractivity contribution in [2.45, 2.75) is 25.3 Å². The van der Waals surface area contributed by atoms with Crippen LogP contribution in [0.2, 0.25) is 0 Å². The molecule has 2 aromatic rings. The van der Waals surface area contributed by atoms with Gasteiger partial charge >= 0.3 is 0 Å². The van der Waals surface area contributed by atoms with Crippen LogP contribution in [0.15, 0.2) is 23.6 Å². The lowest BCUT2D eigenvalue weighted by Crippen LogP contribution is -2.26. The van der Waals surface area contributed by atoms with Gasteiger partial charge in [0.05, 0.1) is 11.8 Å². The summed E-state index contributed by atoms with van der Waals surface area (Å²) in [6.45, 7) is 1.14. The second-order valence-corrected chi connectivity index (χ2v) is 5.44. The van der Waals surface area contributed by atoms with E-state index in [-0.39, 0.29) is 0 Å². The van der Waals surface area contributed by atoms with Crippen LogP contribution in [0.3, 0.4) is 0 Å². The highest BCUT2D eigenvalue weighted by Gasteiger charge is 2.18. The predicted octanol–water partition coefficient (Wildman–Crippen LogP) is 3.72. The number of ether oxygens (including phenoxy) is 1. The number of benzene rings is 1. The number of nitrogens with one attached hydrogen (secondary N) is 1. The lowest BCUT2D eigenvalue weighted by atomic mass is 9.95. The molecule has 3 rings (SSSR count). The molecule has 0 bridgehead atoms. The first-order valence-electron chi connectivity index (χ1n) is 6.17. The SMILES string of the molecule is COc1ccc(C2CCCCN2)c2ccsc12. The molecule has 2 nitrogen and oxygen atoms in total. The molecule has 17 heavy (non-hydrogen) atoms. The van der Waals surface area contributed by atoms with Gasteiger partial charge in [0, 0.05) is 11.4 Å². The number of thiophene rings is 1. The van der Waals surface area contributed by atoms with E-state index in [1.807, 2.05) is 0 Å². The van der Waals surface area contributed by atoms with Crippen molar-refractivity contribution in [3.8, 4) is 5.75 Å². The molecule has 90 valence electrons. The molecule has 1 aromatic carbocycles. The first-order valence-corrected chi connectivity index (χ1v) is 7.05. The summed E-state index contributed by atoms with van der Waals surface area (Å²) in [4.78, 5) is 0. The fraction of sp³-hybridized carbons (Fsp3) is 0.429. The van der Waals surface area contributed by atoms with Crippen molar-refractivity contribution < 1.29 is 4.74 Å². The molecule has 3 heteroatoms. The van der Waals surface area contributed by atoms with Crippen molar-refractivity contribution in [1.82, 2.24) is 5.32 Å². The van der Waals surface area contributed by atoms with Crippen LogP contribution in [-0.2, 0) is 0 Å². The number of hydrogen-bond acceptors (Lipinski definition) is 3. The Bertz CT molecular complexity index is 514. The summed E-state index contributed by atoms with van der Waals surface area (Å²) in [5.41, 5.74) is 1.43. The molecule has 1 atom stereocenters. The van der Waals surface area contributed by atoms with Crippen LogP contribution in [0.4, 0.5) is 0 Å². The predicted molar refractivity (Wildman–Crippen MR) is 73.0 cm³/mol. The second-order valence-electron chi connectivity index (χ2n) is 4.52. The van der Waals surface area contributed by atoms with Crippen molar-refractivity contribution >= 4 is 21.4 Å². The van der Waals surface area contributed by atoms with Gasteiger partial charge in [-0.3, -0.25) is 0 Å². The average molecular weight is 247 g/mol. The van der Waals surface area contributed by atoms with Gasteiger partial charge in [0.25, 0.3) is 0 Å². The largest absolute Gasteiger partial charge is 0.495 e. The molecule has 1 unspecified atom stereocenters. The monoisotopic (exact) mass is 247 g/mol. The van der Waals surface area contributed by atoms with Crippen molar-refractivity contribution in [1.29, 1.82) is 0 Å². The molecule has 1 N–H and O–H groups in total. The van der Waals surface area contributed by atoms with Crippen LogP contribution in [0.1, 0.15) is 30.9 Å². The van der Waals surface area contributed by atoms with Crippen LogP contribution >= 0.6 is 11.3 Å². The quantitative estimate of drug-likeness (QED) is 0.873. The summed E-state index contributed by atoms with van der Waals surface area (Å²) < 4.78 is 6.69. The minimum atomic E-state index is 0.520. The molecule has 0 aliphatic carbocycles. The lowest BCUT2D eigenvalue weighted by molar-refractivity contribution is 0.411. The maximum Gasteiger partial charge on any atom is 0.136 e. The van der Waals surface area contributed by atoms with Gasteiger partial charge < -0.3 is 10.1 Å².